The van der Waals surface area contributed by atoms with E-state index in [1.54, 1.807) is 0 Å². The van der Waals surface area contributed by atoms with Crippen LogP contribution in [0, 0.1) is 0 Å². The van der Waals surface area contributed by atoms with E-state index in [1.165, 1.54) is 17.7 Å². The summed E-state index contributed by atoms with van der Waals surface area (Å²) in [7, 11) is 0. The summed E-state index contributed by atoms with van der Waals surface area (Å²) < 4.78 is 4.59. The summed E-state index contributed by atoms with van der Waals surface area (Å²) in [5.41, 5.74) is 5.80. The highest BCUT2D eigenvalue weighted by atomic mass is 32.1. The number of nitrogens with one attached hydrogen (secondary N) is 1. The van der Waals surface area contributed by atoms with Crippen molar-refractivity contribution in [3.63, 3.8) is 0 Å². The number of hydrogen-bond donors (Lipinski definition) is 2. The van der Waals surface area contributed by atoms with Crippen LogP contribution in [0.2, 0.25) is 0 Å². The molecule has 20 heavy (non-hydrogen) atoms. The van der Waals surface area contributed by atoms with Crippen molar-refractivity contribution in [2.45, 2.75) is 20.4 Å². The second-order valence-corrected chi connectivity index (χ2v) is 4.89. The lowest BCUT2D eigenvalue weighted by atomic mass is 10.4. The quantitative estimate of drug-likeness (QED) is 0.814. The second-order valence-electron chi connectivity index (χ2n) is 3.91. The standard InChI is InChI=1S/C11H16N6O2S/c1-3-17(4-2)11-15-9(12)8(20-11)10(18)13-5-7-14-6-19-16-7/h6H,3-5,12H2,1-2H3,(H,13,18). The average molecular weight is 296 g/mol. The van der Waals surface area contributed by atoms with Crippen molar-refractivity contribution in [3.8, 4) is 0 Å². The molecule has 0 fully saturated rings. The van der Waals surface area contributed by atoms with Crippen LogP contribution >= 0.6 is 11.3 Å². The Morgan fingerprint density at radius 1 is 1.50 bits per heavy atom. The third-order valence-electron chi connectivity index (χ3n) is 2.70. The zero-order valence-electron chi connectivity index (χ0n) is 11.3. The maximum Gasteiger partial charge on any atom is 0.265 e. The molecule has 0 aliphatic heterocycles. The normalized spacial score (nSPS) is 10.5. The molecule has 2 aromatic heterocycles. The number of aromatic nitrogens is 3. The van der Waals surface area contributed by atoms with Gasteiger partial charge in [-0.3, -0.25) is 4.79 Å². The van der Waals surface area contributed by atoms with E-state index in [0.717, 1.165) is 18.2 Å². The van der Waals surface area contributed by atoms with Gasteiger partial charge < -0.3 is 20.5 Å². The van der Waals surface area contributed by atoms with Crippen LogP contribution in [0.15, 0.2) is 10.9 Å². The average Bonchev–Trinajstić information content (AvgIpc) is 3.07. The second kappa shape index (κ2) is 6.33. The highest BCUT2D eigenvalue weighted by Gasteiger charge is 2.18. The van der Waals surface area contributed by atoms with Crippen LogP contribution < -0.4 is 16.0 Å². The molecule has 2 heterocycles. The maximum absolute atomic E-state index is 12.0. The van der Waals surface area contributed by atoms with E-state index in [2.05, 4.69) is 25.0 Å². The Hall–Kier alpha value is -2.16. The molecular formula is C11H16N6O2S. The Bertz CT molecular complexity index is 563. The van der Waals surface area contributed by atoms with Gasteiger partial charge in [0.1, 0.15) is 10.7 Å². The SMILES string of the molecule is CCN(CC)c1nc(N)c(C(=O)NCc2ncon2)s1. The van der Waals surface area contributed by atoms with Gasteiger partial charge in [-0.1, -0.05) is 16.5 Å². The van der Waals surface area contributed by atoms with Crippen LogP contribution in [0.5, 0.6) is 0 Å². The minimum absolute atomic E-state index is 0.188. The summed E-state index contributed by atoms with van der Waals surface area (Å²) in [5.74, 6) is 0.358. The van der Waals surface area contributed by atoms with Crippen molar-refractivity contribution in [2.24, 2.45) is 0 Å². The van der Waals surface area contributed by atoms with Crippen LogP contribution in [0.25, 0.3) is 0 Å². The van der Waals surface area contributed by atoms with Gasteiger partial charge in [0.2, 0.25) is 6.39 Å². The van der Waals surface area contributed by atoms with Crippen LogP contribution in [0.1, 0.15) is 29.3 Å². The molecule has 2 aromatic rings. The molecular weight excluding hydrogens is 280 g/mol. The van der Waals surface area contributed by atoms with Crippen molar-refractivity contribution in [3.05, 3.63) is 17.1 Å². The zero-order chi connectivity index (χ0) is 14.5. The Kier molecular flexibility index (Phi) is 4.51. The molecule has 8 nitrogen and oxygen atoms in total. The van der Waals surface area contributed by atoms with Gasteiger partial charge in [-0.15, -0.1) is 0 Å². The highest BCUT2D eigenvalue weighted by Crippen LogP contribution is 2.27. The molecule has 0 spiro atoms. The lowest BCUT2D eigenvalue weighted by molar-refractivity contribution is 0.0954. The minimum Gasteiger partial charge on any atom is -0.382 e. The largest absolute Gasteiger partial charge is 0.382 e. The van der Waals surface area contributed by atoms with Crippen LogP contribution in [0.3, 0.4) is 0 Å². The first-order chi connectivity index (χ1) is 9.65. The van der Waals surface area contributed by atoms with E-state index in [4.69, 9.17) is 5.73 Å². The van der Waals surface area contributed by atoms with Gasteiger partial charge in [-0.25, -0.2) is 4.98 Å². The molecule has 0 radical (unpaired) electrons. The van der Waals surface area contributed by atoms with E-state index in [1.807, 2.05) is 18.7 Å². The Morgan fingerprint density at radius 2 is 2.25 bits per heavy atom. The summed E-state index contributed by atoms with van der Waals surface area (Å²) in [5, 5.41) is 7.04. The molecule has 0 atom stereocenters. The van der Waals surface area contributed by atoms with Gasteiger partial charge in [0.25, 0.3) is 5.91 Å². The molecule has 108 valence electrons. The number of thiazole rings is 1. The predicted molar refractivity (Wildman–Crippen MR) is 75.6 cm³/mol. The van der Waals surface area contributed by atoms with Crippen LogP contribution in [0.4, 0.5) is 10.9 Å². The summed E-state index contributed by atoms with van der Waals surface area (Å²) in [6.07, 6.45) is 1.21. The first kappa shape index (κ1) is 14.3. The van der Waals surface area contributed by atoms with E-state index in [-0.39, 0.29) is 18.3 Å². The van der Waals surface area contributed by atoms with E-state index >= 15 is 0 Å². The van der Waals surface area contributed by atoms with E-state index in [9.17, 15) is 4.79 Å². The monoisotopic (exact) mass is 296 g/mol. The van der Waals surface area contributed by atoms with Gasteiger partial charge in [0.15, 0.2) is 11.0 Å². The van der Waals surface area contributed by atoms with Crippen molar-refractivity contribution in [1.82, 2.24) is 20.4 Å². The smallest absolute Gasteiger partial charge is 0.265 e. The number of rotatable bonds is 6. The number of hydrogen-bond acceptors (Lipinski definition) is 8. The van der Waals surface area contributed by atoms with Crippen molar-refractivity contribution in [1.29, 1.82) is 0 Å². The number of carbonyl (C=O) groups is 1. The van der Waals surface area contributed by atoms with Gasteiger partial charge in [0.05, 0.1) is 6.54 Å². The maximum atomic E-state index is 12.0. The van der Waals surface area contributed by atoms with Gasteiger partial charge in [-0.05, 0) is 13.8 Å². The number of nitrogen functional groups attached to an aromatic ring is 1. The van der Waals surface area contributed by atoms with Crippen LogP contribution in [-0.2, 0) is 6.54 Å². The molecule has 3 N–H and O–H groups in total. The number of amides is 1. The minimum atomic E-state index is -0.289. The number of carbonyl (C=O) groups excluding carboxylic acids is 1. The summed E-state index contributed by atoms with van der Waals surface area (Å²) in [6, 6.07) is 0. The van der Waals surface area contributed by atoms with Gasteiger partial charge >= 0.3 is 0 Å². The fourth-order valence-electron chi connectivity index (χ4n) is 1.62. The number of anilines is 2. The molecule has 9 heteroatoms. The molecule has 0 aliphatic rings. The lowest BCUT2D eigenvalue weighted by Gasteiger charge is -2.16. The fourth-order valence-corrected chi connectivity index (χ4v) is 2.65. The molecule has 0 saturated heterocycles. The predicted octanol–water partition coefficient (Wildman–Crippen LogP) is 0.884. The first-order valence-electron chi connectivity index (χ1n) is 6.20. The summed E-state index contributed by atoms with van der Waals surface area (Å²) in [6.45, 7) is 5.86. The number of nitrogens with zero attached hydrogens (tertiary/aromatic N) is 4. The van der Waals surface area contributed by atoms with Crippen molar-refractivity contribution in [2.75, 3.05) is 23.7 Å². The third-order valence-corrected chi connectivity index (χ3v) is 3.83. The van der Waals surface area contributed by atoms with Crippen molar-refractivity contribution < 1.29 is 9.32 Å². The van der Waals surface area contributed by atoms with Crippen molar-refractivity contribution >= 4 is 28.2 Å². The summed E-state index contributed by atoms with van der Waals surface area (Å²) >= 11 is 1.28. The molecule has 0 aromatic carbocycles. The topological polar surface area (TPSA) is 110 Å². The van der Waals surface area contributed by atoms with E-state index in [0.29, 0.717) is 10.7 Å². The Labute approximate surface area is 120 Å². The van der Waals surface area contributed by atoms with Gasteiger partial charge in [0, 0.05) is 13.1 Å². The summed E-state index contributed by atoms with van der Waals surface area (Å²) in [4.78, 5) is 22.5. The van der Waals surface area contributed by atoms with Gasteiger partial charge in [-0.2, -0.15) is 4.98 Å². The number of nitrogens with two attached hydrogens (primary N) is 1. The lowest BCUT2D eigenvalue weighted by Crippen LogP contribution is -2.23. The fraction of sp³-hybridized carbons (Fsp3) is 0.455. The highest BCUT2D eigenvalue weighted by molar-refractivity contribution is 7.18. The molecule has 0 bridgehead atoms. The third kappa shape index (κ3) is 3.05. The van der Waals surface area contributed by atoms with Crippen LogP contribution in [-0.4, -0.2) is 34.1 Å². The molecule has 0 aliphatic carbocycles. The zero-order valence-corrected chi connectivity index (χ0v) is 12.1. The molecule has 0 saturated carbocycles. The first-order valence-corrected chi connectivity index (χ1v) is 7.02. The Balaban J connectivity index is 2.06. The molecule has 2 rings (SSSR count). The van der Waals surface area contributed by atoms with E-state index < -0.39 is 0 Å². The molecule has 1 amide bonds. The molecule has 0 unspecified atom stereocenters. The Morgan fingerprint density at radius 3 is 2.85 bits per heavy atom.